The van der Waals surface area contributed by atoms with E-state index in [2.05, 4.69) is 35.8 Å². The number of hydrogen-bond donors (Lipinski definition) is 0. The second kappa shape index (κ2) is 5.74. The highest BCUT2D eigenvalue weighted by atomic mass is 79.9. The number of rotatable bonds is 2. The highest BCUT2D eigenvalue weighted by molar-refractivity contribution is 9.09. The van der Waals surface area contributed by atoms with Crippen molar-refractivity contribution in [2.45, 2.75) is 18.7 Å². The van der Waals surface area contributed by atoms with E-state index >= 15 is 0 Å². The van der Waals surface area contributed by atoms with E-state index in [0.29, 0.717) is 5.02 Å². The minimum atomic E-state index is 0.0975. The fourth-order valence-corrected chi connectivity index (χ4v) is 2.90. The van der Waals surface area contributed by atoms with E-state index in [1.54, 1.807) is 0 Å². The van der Waals surface area contributed by atoms with E-state index < -0.39 is 0 Å². The quantitative estimate of drug-likeness (QED) is 0.546. The molecule has 0 aliphatic rings. The number of aryl methyl sites for hydroxylation is 1. The second-order valence-corrected chi connectivity index (χ2v) is 6.78. The minimum absolute atomic E-state index is 0.0975. The molecular formula is C17H14BrClN2. The van der Waals surface area contributed by atoms with Crippen molar-refractivity contribution in [3.05, 3.63) is 58.7 Å². The summed E-state index contributed by atoms with van der Waals surface area (Å²) in [5.41, 5.74) is 5.61. The summed E-state index contributed by atoms with van der Waals surface area (Å²) in [4.78, 5) is 9.73. The fourth-order valence-electron chi connectivity index (χ4n) is 2.36. The molecule has 1 aromatic heterocycles. The van der Waals surface area contributed by atoms with Crippen LogP contribution in [0.2, 0.25) is 5.02 Å². The van der Waals surface area contributed by atoms with Crippen LogP contribution in [0.1, 0.15) is 23.0 Å². The molecule has 0 fully saturated rings. The third-order valence-electron chi connectivity index (χ3n) is 3.43. The van der Waals surface area contributed by atoms with Gasteiger partial charge in [0.25, 0.3) is 0 Å². The third kappa shape index (κ3) is 2.68. The van der Waals surface area contributed by atoms with Gasteiger partial charge in [0.05, 0.1) is 32.3 Å². The first kappa shape index (κ1) is 14.5. The molecule has 0 saturated heterocycles. The van der Waals surface area contributed by atoms with Crippen molar-refractivity contribution in [2.24, 2.45) is 0 Å². The molecule has 0 N–H and O–H groups in total. The normalized spacial score (nSPS) is 12.6. The van der Waals surface area contributed by atoms with Gasteiger partial charge in [0.2, 0.25) is 0 Å². The van der Waals surface area contributed by atoms with Crippen molar-refractivity contribution in [1.82, 2.24) is 9.97 Å². The molecule has 0 saturated carbocycles. The van der Waals surface area contributed by atoms with Gasteiger partial charge in [-0.25, -0.2) is 9.97 Å². The number of aromatic nitrogens is 2. The summed E-state index contributed by atoms with van der Waals surface area (Å²) in [6.07, 6.45) is 0. The van der Waals surface area contributed by atoms with Crippen molar-refractivity contribution in [1.29, 1.82) is 0 Å². The summed E-state index contributed by atoms with van der Waals surface area (Å²) in [7, 11) is 0. The molecule has 3 rings (SSSR count). The minimum Gasteiger partial charge on any atom is -0.247 e. The van der Waals surface area contributed by atoms with Gasteiger partial charge < -0.3 is 0 Å². The Morgan fingerprint density at radius 1 is 1.05 bits per heavy atom. The Morgan fingerprint density at radius 2 is 1.81 bits per heavy atom. The Kier molecular flexibility index (Phi) is 3.96. The van der Waals surface area contributed by atoms with E-state index in [9.17, 15) is 0 Å². The standard InChI is InChI=1S/C17H14BrClN2/c1-10-6-5-9-14-15(10)21-16(11(2)18)17(20-14)12-7-3-4-8-13(12)19/h3-9,11H,1-2H3. The maximum absolute atomic E-state index is 6.33. The number of alkyl halides is 1. The summed E-state index contributed by atoms with van der Waals surface area (Å²) in [6.45, 7) is 4.10. The highest BCUT2D eigenvalue weighted by Crippen LogP contribution is 2.35. The van der Waals surface area contributed by atoms with Gasteiger partial charge >= 0.3 is 0 Å². The molecular weight excluding hydrogens is 348 g/mol. The van der Waals surface area contributed by atoms with Crippen molar-refractivity contribution in [3.8, 4) is 11.3 Å². The molecule has 2 nitrogen and oxygen atoms in total. The predicted octanol–water partition coefficient (Wildman–Crippen LogP) is 5.71. The molecule has 0 bridgehead atoms. The largest absolute Gasteiger partial charge is 0.247 e. The van der Waals surface area contributed by atoms with Gasteiger partial charge in [-0.05, 0) is 31.5 Å². The Morgan fingerprint density at radius 3 is 2.52 bits per heavy atom. The zero-order valence-corrected chi connectivity index (χ0v) is 14.1. The van der Waals surface area contributed by atoms with Crippen LogP contribution in [0.3, 0.4) is 0 Å². The third-order valence-corrected chi connectivity index (χ3v) is 4.19. The number of halogens is 2. The van der Waals surface area contributed by atoms with Crippen LogP contribution < -0.4 is 0 Å². The monoisotopic (exact) mass is 360 g/mol. The SMILES string of the molecule is Cc1cccc2nc(-c3ccccc3Cl)c(C(C)Br)nc12. The molecule has 0 aliphatic carbocycles. The van der Waals surface area contributed by atoms with Crippen LogP contribution in [-0.2, 0) is 0 Å². The highest BCUT2D eigenvalue weighted by Gasteiger charge is 2.17. The van der Waals surface area contributed by atoms with Gasteiger partial charge in [0, 0.05) is 5.56 Å². The number of hydrogen-bond acceptors (Lipinski definition) is 2. The van der Waals surface area contributed by atoms with Crippen LogP contribution in [0, 0.1) is 6.92 Å². The summed E-state index contributed by atoms with van der Waals surface area (Å²) in [5, 5.41) is 0.688. The van der Waals surface area contributed by atoms with Crippen LogP contribution in [-0.4, -0.2) is 9.97 Å². The number of para-hydroxylation sites is 1. The van der Waals surface area contributed by atoms with Crippen molar-refractivity contribution >= 4 is 38.6 Å². The Balaban J connectivity index is 2.36. The van der Waals surface area contributed by atoms with Crippen LogP contribution in [0.15, 0.2) is 42.5 Å². The molecule has 0 amide bonds. The lowest BCUT2D eigenvalue weighted by Gasteiger charge is -2.13. The molecule has 0 aliphatic heterocycles. The van der Waals surface area contributed by atoms with E-state index in [1.165, 1.54) is 0 Å². The first-order valence-electron chi connectivity index (χ1n) is 6.74. The van der Waals surface area contributed by atoms with Crippen molar-refractivity contribution < 1.29 is 0 Å². The average molecular weight is 362 g/mol. The van der Waals surface area contributed by atoms with Gasteiger partial charge in [0.1, 0.15) is 0 Å². The zero-order valence-electron chi connectivity index (χ0n) is 11.8. The van der Waals surface area contributed by atoms with Crippen LogP contribution in [0.25, 0.3) is 22.3 Å². The Hall–Kier alpha value is -1.45. The molecule has 21 heavy (non-hydrogen) atoms. The number of benzene rings is 2. The van der Waals surface area contributed by atoms with E-state index in [4.69, 9.17) is 21.6 Å². The molecule has 3 aromatic rings. The maximum atomic E-state index is 6.33. The van der Waals surface area contributed by atoms with Gasteiger partial charge in [-0.15, -0.1) is 0 Å². The summed E-state index contributed by atoms with van der Waals surface area (Å²) in [5.74, 6) is 0. The molecule has 0 spiro atoms. The molecule has 106 valence electrons. The number of nitrogens with zero attached hydrogens (tertiary/aromatic N) is 2. The Bertz CT molecular complexity index is 815. The fraction of sp³-hybridized carbons (Fsp3) is 0.176. The summed E-state index contributed by atoms with van der Waals surface area (Å²) < 4.78 is 0. The zero-order chi connectivity index (χ0) is 15.0. The van der Waals surface area contributed by atoms with Gasteiger partial charge in [-0.3, -0.25) is 0 Å². The smallest absolute Gasteiger partial charge is 0.0951 e. The van der Waals surface area contributed by atoms with Crippen LogP contribution in [0.5, 0.6) is 0 Å². The molecule has 1 heterocycles. The molecule has 0 radical (unpaired) electrons. The molecule has 2 aromatic carbocycles. The van der Waals surface area contributed by atoms with Gasteiger partial charge in [-0.2, -0.15) is 0 Å². The van der Waals surface area contributed by atoms with E-state index in [1.807, 2.05) is 36.4 Å². The van der Waals surface area contributed by atoms with Gasteiger partial charge in [-0.1, -0.05) is 57.9 Å². The van der Waals surface area contributed by atoms with E-state index in [-0.39, 0.29) is 4.83 Å². The average Bonchev–Trinajstić information content (AvgIpc) is 2.47. The van der Waals surface area contributed by atoms with Crippen molar-refractivity contribution in [2.75, 3.05) is 0 Å². The molecule has 4 heteroatoms. The summed E-state index contributed by atoms with van der Waals surface area (Å²) >= 11 is 9.95. The van der Waals surface area contributed by atoms with E-state index in [0.717, 1.165) is 33.5 Å². The van der Waals surface area contributed by atoms with Crippen LogP contribution >= 0.6 is 27.5 Å². The van der Waals surface area contributed by atoms with Crippen LogP contribution in [0.4, 0.5) is 0 Å². The first-order chi connectivity index (χ1) is 10.1. The number of fused-ring (bicyclic) bond motifs is 1. The second-order valence-electron chi connectivity index (χ2n) is 5.00. The lowest BCUT2D eigenvalue weighted by molar-refractivity contribution is 1.02. The maximum Gasteiger partial charge on any atom is 0.0951 e. The Labute approximate surface area is 137 Å². The lowest BCUT2D eigenvalue weighted by Crippen LogP contribution is -2.00. The van der Waals surface area contributed by atoms with Crippen molar-refractivity contribution in [3.63, 3.8) is 0 Å². The molecule has 1 unspecified atom stereocenters. The lowest BCUT2D eigenvalue weighted by atomic mass is 10.1. The molecule has 1 atom stereocenters. The first-order valence-corrected chi connectivity index (χ1v) is 8.03. The van der Waals surface area contributed by atoms with Gasteiger partial charge in [0.15, 0.2) is 0 Å². The summed E-state index contributed by atoms with van der Waals surface area (Å²) in [6, 6.07) is 13.8. The predicted molar refractivity (Wildman–Crippen MR) is 92.1 cm³/mol. The topological polar surface area (TPSA) is 25.8 Å².